The Morgan fingerprint density at radius 2 is 2.00 bits per heavy atom. The summed E-state index contributed by atoms with van der Waals surface area (Å²) in [5.41, 5.74) is 0.693. The molecule has 0 spiro atoms. The number of hydrogen-bond donors (Lipinski definition) is 0. The maximum atomic E-state index is 4.54. The highest BCUT2D eigenvalue weighted by Gasteiger charge is 2.38. The Morgan fingerprint density at radius 3 is 2.86 bits per heavy atom. The summed E-state index contributed by atoms with van der Waals surface area (Å²) in [6.45, 7) is 6.74. The minimum Gasteiger partial charge on any atom is -0.354 e. The van der Waals surface area contributed by atoms with E-state index in [0.29, 0.717) is 17.7 Å². The Morgan fingerprint density at radius 1 is 1.14 bits per heavy atom. The molecule has 2 unspecified atom stereocenters. The molecule has 2 saturated heterocycles. The molecule has 0 aromatic carbocycles. The van der Waals surface area contributed by atoms with Gasteiger partial charge in [-0.25, -0.2) is 0 Å². The van der Waals surface area contributed by atoms with Crippen molar-refractivity contribution in [3.8, 4) is 0 Å². The highest BCUT2D eigenvalue weighted by Crippen LogP contribution is 2.33. The smallest absolute Gasteiger partial charge is 0.200 e. The average Bonchev–Trinajstić information content (AvgIpc) is 3.01. The molecule has 2 aliphatic heterocycles. The van der Waals surface area contributed by atoms with Crippen LogP contribution >= 0.6 is 0 Å². The van der Waals surface area contributed by atoms with Crippen LogP contribution in [0.4, 0.5) is 5.82 Å². The number of anilines is 1. The van der Waals surface area contributed by atoms with Gasteiger partial charge in [-0.3, -0.25) is 4.90 Å². The van der Waals surface area contributed by atoms with Crippen molar-refractivity contribution < 1.29 is 0 Å². The van der Waals surface area contributed by atoms with E-state index in [9.17, 15) is 0 Å². The molecule has 4 heterocycles. The van der Waals surface area contributed by atoms with Gasteiger partial charge in [0.25, 0.3) is 0 Å². The predicted octanol–water partition coefficient (Wildman–Crippen LogP) is 0.971. The third kappa shape index (κ3) is 2.16. The lowest BCUT2D eigenvalue weighted by molar-refractivity contribution is 0.158. The van der Waals surface area contributed by atoms with Crippen LogP contribution in [0.2, 0.25) is 0 Å². The Balaban J connectivity index is 1.61. The topological polar surface area (TPSA) is 62.5 Å². The van der Waals surface area contributed by atoms with Crippen LogP contribution in [0.5, 0.6) is 0 Å². The zero-order valence-electron chi connectivity index (χ0n) is 12.6. The molecule has 0 radical (unpaired) electrons. The third-order valence-corrected chi connectivity index (χ3v) is 4.82. The lowest BCUT2D eigenvalue weighted by Gasteiger charge is -2.32. The highest BCUT2D eigenvalue weighted by atomic mass is 15.6. The molecule has 21 heavy (non-hydrogen) atoms. The van der Waals surface area contributed by atoms with Crippen LogP contribution in [-0.2, 0) is 0 Å². The van der Waals surface area contributed by atoms with Crippen LogP contribution in [-0.4, -0.2) is 61.4 Å². The van der Waals surface area contributed by atoms with Crippen LogP contribution in [0, 0.1) is 0 Å². The molecule has 7 nitrogen and oxygen atoms in total. The maximum Gasteiger partial charge on any atom is 0.200 e. The quantitative estimate of drug-likeness (QED) is 0.820. The third-order valence-electron chi connectivity index (χ3n) is 4.82. The van der Waals surface area contributed by atoms with Gasteiger partial charge < -0.3 is 4.90 Å². The molecule has 0 N–H and O–H groups in total. The number of tetrazole rings is 1. The summed E-state index contributed by atoms with van der Waals surface area (Å²) in [4.78, 5) is 5.09. The molecular weight excluding hydrogens is 266 g/mol. The van der Waals surface area contributed by atoms with E-state index in [0.717, 1.165) is 24.9 Å². The first-order valence-corrected chi connectivity index (χ1v) is 7.80. The lowest BCUT2D eigenvalue weighted by atomic mass is 10.1. The van der Waals surface area contributed by atoms with Gasteiger partial charge in [0.05, 0.1) is 0 Å². The number of aromatic nitrogens is 5. The maximum absolute atomic E-state index is 4.54. The molecule has 0 saturated carbocycles. The minimum absolute atomic E-state index is 0.623. The van der Waals surface area contributed by atoms with Gasteiger partial charge in [-0.1, -0.05) is 0 Å². The molecule has 2 bridgehead atoms. The molecule has 4 rings (SSSR count). The van der Waals surface area contributed by atoms with Crippen LogP contribution in [0.15, 0.2) is 12.1 Å². The van der Waals surface area contributed by atoms with Crippen molar-refractivity contribution in [3.63, 3.8) is 0 Å². The van der Waals surface area contributed by atoms with Crippen molar-refractivity contribution in [1.82, 2.24) is 30.2 Å². The molecule has 2 aliphatic rings. The second-order valence-corrected chi connectivity index (χ2v) is 6.38. The average molecular weight is 287 g/mol. The predicted molar refractivity (Wildman–Crippen MR) is 79.2 cm³/mol. The summed E-state index contributed by atoms with van der Waals surface area (Å²) in [5.74, 6) is 0.978. The lowest BCUT2D eigenvalue weighted by Crippen LogP contribution is -2.43. The van der Waals surface area contributed by atoms with Gasteiger partial charge in [0.1, 0.15) is 0 Å². The van der Waals surface area contributed by atoms with Crippen LogP contribution < -0.4 is 4.90 Å². The molecule has 2 aromatic heterocycles. The Bertz CT molecular complexity index is 637. The number of rotatable bonds is 2. The van der Waals surface area contributed by atoms with E-state index in [1.54, 1.807) is 0 Å². The van der Waals surface area contributed by atoms with Crippen molar-refractivity contribution >= 4 is 11.5 Å². The van der Waals surface area contributed by atoms with Crippen LogP contribution in [0.3, 0.4) is 0 Å². The molecule has 2 fully saturated rings. The zero-order chi connectivity index (χ0) is 14.4. The minimum atomic E-state index is 0.623. The first-order chi connectivity index (χ1) is 10.2. The van der Waals surface area contributed by atoms with Crippen molar-refractivity contribution in [2.75, 3.05) is 18.0 Å². The number of nitrogens with zero attached hydrogens (tertiary/aromatic N) is 7. The van der Waals surface area contributed by atoms with Gasteiger partial charge in [-0.15, -0.1) is 14.8 Å². The van der Waals surface area contributed by atoms with E-state index in [4.69, 9.17) is 0 Å². The summed E-state index contributed by atoms with van der Waals surface area (Å²) in [5, 5.41) is 16.0. The number of hydrogen-bond acceptors (Lipinski definition) is 6. The van der Waals surface area contributed by atoms with E-state index in [1.807, 2.05) is 12.1 Å². The van der Waals surface area contributed by atoms with Gasteiger partial charge in [0, 0.05) is 31.2 Å². The fraction of sp³-hybridized carbons (Fsp3) is 0.714. The fourth-order valence-corrected chi connectivity index (χ4v) is 3.97. The van der Waals surface area contributed by atoms with E-state index in [-0.39, 0.29) is 0 Å². The summed E-state index contributed by atoms with van der Waals surface area (Å²) in [7, 11) is 0. The molecular formula is C14H21N7. The SMILES string of the molecule is CC(C)N1C2CCC1CN(c1ccc3nnnn3n1)CC2. The fourth-order valence-electron chi connectivity index (χ4n) is 3.97. The van der Waals surface area contributed by atoms with Gasteiger partial charge in [0.2, 0.25) is 0 Å². The standard InChI is InChI=1S/C14H21N7/c1-10(2)20-11-3-4-12(20)9-19(8-7-11)14-6-5-13-15-17-18-21(13)16-14/h5-6,10-12H,3-4,7-9H2,1-2H3. The largest absolute Gasteiger partial charge is 0.354 e. The first kappa shape index (κ1) is 12.9. The van der Waals surface area contributed by atoms with E-state index >= 15 is 0 Å². The van der Waals surface area contributed by atoms with Crippen molar-refractivity contribution in [3.05, 3.63) is 12.1 Å². The Labute approximate surface area is 123 Å². The molecule has 7 heteroatoms. The molecule has 0 amide bonds. The second kappa shape index (κ2) is 4.91. The van der Waals surface area contributed by atoms with Gasteiger partial charge in [-0.05, 0) is 55.7 Å². The van der Waals surface area contributed by atoms with E-state index < -0.39 is 0 Å². The second-order valence-electron chi connectivity index (χ2n) is 6.38. The molecule has 2 aromatic rings. The molecule has 2 atom stereocenters. The molecule has 0 aliphatic carbocycles. The van der Waals surface area contributed by atoms with E-state index in [1.165, 1.54) is 23.9 Å². The monoisotopic (exact) mass is 287 g/mol. The highest BCUT2D eigenvalue weighted by molar-refractivity contribution is 5.44. The Kier molecular flexibility index (Phi) is 3.02. The first-order valence-electron chi connectivity index (χ1n) is 7.80. The van der Waals surface area contributed by atoms with E-state index in [2.05, 4.69) is 44.3 Å². The van der Waals surface area contributed by atoms with Gasteiger partial charge in [-0.2, -0.15) is 0 Å². The number of fused-ring (bicyclic) bond motifs is 3. The van der Waals surface area contributed by atoms with Crippen LogP contribution in [0.25, 0.3) is 5.65 Å². The summed E-state index contributed by atoms with van der Waals surface area (Å²) in [6.07, 6.45) is 3.85. The zero-order valence-corrected chi connectivity index (χ0v) is 12.6. The van der Waals surface area contributed by atoms with Gasteiger partial charge >= 0.3 is 0 Å². The summed E-state index contributed by atoms with van der Waals surface area (Å²) >= 11 is 0. The summed E-state index contributed by atoms with van der Waals surface area (Å²) < 4.78 is 1.51. The van der Waals surface area contributed by atoms with Crippen molar-refractivity contribution in [2.24, 2.45) is 0 Å². The molecule has 112 valence electrons. The normalized spacial score (nSPS) is 26.7. The van der Waals surface area contributed by atoms with Crippen molar-refractivity contribution in [2.45, 2.75) is 51.2 Å². The van der Waals surface area contributed by atoms with Gasteiger partial charge in [0.15, 0.2) is 11.5 Å². The van der Waals surface area contributed by atoms with Crippen molar-refractivity contribution in [1.29, 1.82) is 0 Å². The summed E-state index contributed by atoms with van der Waals surface area (Å²) in [6, 6.07) is 5.97. The van der Waals surface area contributed by atoms with Crippen LogP contribution in [0.1, 0.15) is 33.1 Å². The Hall–Kier alpha value is -1.76.